The van der Waals surface area contributed by atoms with Crippen molar-refractivity contribution in [3.05, 3.63) is 65.9 Å². The van der Waals surface area contributed by atoms with E-state index in [9.17, 15) is 13.7 Å². The number of aromatic nitrogens is 1. The van der Waals surface area contributed by atoms with E-state index >= 15 is 0 Å². The van der Waals surface area contributed by atoms with Crippen LogP contribution in [-0.2, 0) is 16.6 Å². The van der Waals surface area contributed by atoms with Gasteiger partial charge < -0.3 is 9.32 Å². The average Bonchev–Trinajstić information content (AvgIpc) is 3.34. The summed E-state index contributed by atoms with van der Waals surface area (Å²) in [5.41, 5.74) is 2.18. The van der Waals surface area contributed by atoms with Crippen LogP contribution in [0.15, 0.2) is 63.9 Å². The van der Waals surface area contributed by atoms with Gasteiger partial charge in [-0.25, -0.2) is 8.42 Å². The molecule has 5 rings (SSSR count). The van der Waals surface area contributed by atoms with E-state index in [1.54, 1.807) is 28.6 Å². The minimum absolute atomic E-state index is 0.250. The van der Waals surface area contributed by atoms with Crippen molar-refractivity contribution in [2.45, 2.75) is 31.2 Å². The molecule has 8 nitrogen and oxygen atoms in total. The monoisotopic (exact) mass is 505 g/mol. The van der Waals surface area contributed by atoms with Gasteiger partial charge in [0.1, 0.15) is 6.07 Å². The lowest BCUT2D eigenvalue weighted by molar-refractivity contribution is 0.246. The first-order valence-corrected chi connectivity index (χ1v) is 13.9. The molecule has 0 N–H and O–H groups in total. The summed E-state index contributed by atoms with van der Waals surface area (Å²) >= 11 is 0. The number of piperazine rings is 1. The zero-order chi connectivity index (χ0) is 25.1. The third kappa shape index (κ3) is 5.16. The van der Waals surface area contributed by atoms with Crippen molar-refractivity contribution < 1.29 is 12.8 Å². The van der Waals surface area contributed by atoms with Crippen molar-refractivity contribution in [2.24, 2.45) is 5.92 Å². The van der Waals surface area contributed by atoms with Crippen LogP contribution < -0.4 is 4.90 Å². The molecule has 1 aromatic heterocycles. The maximum absolute atomic E-state index is 13.1. The van der Waals surface area contributed by atoms with E-state index in [2.05, 4.69) is 52.0 Å². The molecule has 2 saturated heterocycles. The van der Waals surface area contributed by atoms with Crippen molar-refractivity contribution in [3.63, 3.8) is 0 Å². The molecule has 9 heteroatoms. The molecule has 36 heavy (non-hydrogen) atoms. The van der Waals surface area contributed by atoms with Crippen LogP contribution in [0.2, 0.25) is 0 Å². The molecule has 188 valence electrons. The predicted octanol–water partition coefficient (Wildman–Crippen LogP) is 3.96. The Hall–Kier alpha value is -3.19. The highest BCUT2D eigenvalue weighted by Crippen LogP contribution is 2.30. The fraction of sp³-hybridized carbons (Fsp3) is 0.407. The summed E-state index contributed by atoms with van der Waals surface area (Å²) in [4.78, 5) is 9.12. The fourth-order valence-corrected chi connectivity index (χ4v) is 6.55. The molecule has 2 aliphatic heterocycles. The summed E-state index contributed by atoms with van der Waals surface area (Å²) in [7, 11) is -3.53. The van der Waals surface area contributed by atoms with Crippen molar-refractivity contribution in [1.29, 1.82) is 5.26 Å². The summed E-state index contributed by atoms with van der Waals surface area (Å²) in [5.74, 6) is 1.16. The minimum atomic E-state index is -3.53. The quantitative estimate of drug-likeness (QED) is 0.501. The molecule has 3 heterocycles. The Morgan fingerprint density at radius 3 is 2.42 bits per heavy atom. The molecule has 0 unspecified atom stereocenters. The molecular weight excluding hydrogens is 474 g/mol. The summed E-state index contributed by atoms with van der Waals surface area (Å²) in [6, 6.07) is 19.1. The maximum Gasteiger partial charge on any atom is 0.243 e. The Bertz CT molecular complexity index is 1320. The Labute approximate surface area is 212 Å². The van der Waals surface area contributed by atoms with Gasteiger partial charge in [0.05, 0.1) is 4.90 Å². The number of sulfonamides is 1. The Kier molecular flexibility index (Phi) is 7.10. The van der Waals surface area contributed by atoms with Gasteiger partial charge in [-0.1, -0.05) is 37.3 Å². The number of piperidine rings is 1. The van der Waals surface area contributed by atoms with Gasteiger partial charge in [0.2, 0.25) is 27.5 Å². The van der Waals surface area contributed by atoms with E-state index in [1.807, 2.05) is 6.07 Å². The first-order valence-electron chi connectivity index (χ1n) is 12.5. The molecule has 0 aliphatic carbocycles. The van der Waals surface area contributed by atoms with E-state index in [4.69, 9.17) is 4.42 Å². The van der Waals surface area contributed by atoms with Crippen LogP contribution in [0.5, 0.6) is 0 Å². The van der Waals surface area contributed by atoms with Gasteiger partial charge in [-0.2, -0.15) is 14.6 Å². The number of rotatable bonds is 6. The second kappa shape index (κ2) is 10.4. The van der Waals surface area contributed by atoms with Crippen LogP contribution in [0.4, 0.5) is 5.88 Å². The maximum atomic E-state index is 13.1. The summed E-state index contributed by atoms with van der Waals surface area (Å²) in [5, 5.41) is 9.68. The van der Waals surface area contributed by atoms with Gasteiger partial charge in [0, 0.05) is 51.4 Å². The van der Waals surface area contributed by atoms with Gasteiger partial charge in [0.15, 0.2) is 0 Å². The van der Waals surface area contributed by atoms with E-state index in [-0.39, 0.29) is 10.6 Å². The lowest BCUT2D eigenvalue weighted by Crippen LogP contribution is -2.46. The molecule has 1 atom stereocenters. The lowest BCUT2D eigenvalue weighted by Gasteiger charge is -2.34. The highest BCUT2D eigenvalue weighted by atomic mass is 32.2. The molecule has 0 bridgehead atoms. The summed E-state index contributed by atoms with van der Waals surface area (Å²) in [6.07, 6.45) is 1.94. The molecule has 0 amide bonds. The van der Waals surface area contributed by atoms with Crippen LogP contribution in [0.3, 0.4) is 0 Å². The standard InChI is InChI=1S/C27H31N5O3S/c1-21-6-5-13-32(19-21)36(33,34)24-11-9-23(10-12-24)26-29-25(18-28)27(35-26)31-16-14-30(15-17-31)20-22-7-3-2-4-8-22/h2-4,7-12,21H,5-6,13-17,19-20H2,1H3/t21-/m0/s1. The SMILES string of the molecule is C[C@H]1CCCN(S(=O)(=O)c2ccc(-c3nc(C#N)c(N4CCN(Cc5ccccc5)CC4)o3)cc2)C1. The minimum Gasteiger partial charge on any atom is -0.419 e. The zero-order valence-corrected chi connectivity index (χ0v) is 21.3. The summed E-state index contributed by atoms with van der Waals surface area (Å²) < 4.78 is 33.8. The molecule has 2 aromatic carbocycles. The molecule has 2 fully saturated rings. The number of nitriles is 1. The van der Waals surface area contributed by atoms with Crippen LogP contribution in [0.25, 0.3) is 11.5 Å². The van der Waals surface area contributed by atoms with Gasteiger partial charge in [-0.05, 0) is 48.6 Å². The van der Waals surface area contributed by atoms with Crippen molar-refractivity contribution >= 4 is 15.9 Å². The highest BCUT2D eigenvalue weighted by molar-refractivity contribution is 7.89. The van der Waals surface area contributed by atoms with E-state index in [0.29, 0.717) is 36.3 Å². The molecule has 0 saturated carbocycles. The third-order valence-electron chi connectivity index (χ3n) is 6.98. The number of benzene rings is 2. The molecule has 0 spiro atoms. The van der Waals surface area contributed by atoms with Gasteiger partial charge in [-0.15, -0.1) is 0 Å². The smallest absolute Gasteiger partial charge is 0.243 e. The largest absolute Gasteiger partial charge is 0.419 e. The van der Waals surface area contributed by atoms with E-state index in [0.717, 1.165) is 45.6 Å². The van der Waals surface area contributed by atoms with Gasteiger partial charge >= 0.3 is 0 Å². The third-order valence-corrected chi connectivity index (χ3v) is 8.86. The number of nitrogens with zero attached hydrogens (tertiary/aromatic N) is 5. The number of hydrogen-bond donors (Lipinski definition) is 0. The molecule has 3 aromatic rings. The number of anilines is 1. The predicted molar refractivity (Wildman–Crippen MR) is 138 cm³/mol. The Balaban J connectivity index is 1.28. The highest BCUT2D eigenvalue weighted by Gasteiger charge is 2.29. The molecule has 2 aliphatic rings. The zero-order valence-electron chi connectivity index (χ0n) is 20.5. The van der Waals surface area contributed by atoms with Gasteiger partial charge in [0.25, 0.3) is 0 Å². The second-order valence-corrected chi connectivity index (χ2v) is 11.6. The molecular formula is C27H31N5O3S. The summed E-state index contributed by atoms with van der Waals surface area (Å²) in [6.45, 7) is 7.28. The van der Waals surface area contributed by atoms with Crippen LogP contribution in [-0.4, -0.2) is 61.9 Å². The lowest BCUT2D eigenvalue weighted by atomic mass is 10.0. The van der Waals surface area contributed by atoms with E-state index < -0.39 is 10.0 Å². The van der Waals surface area contributed by atoms with Crippen LogP contribution in [0.1, 0.15) is 31.0 Å². The fourth-order valence-electron chi connectivity index (χ4n) is 4.96. The van der Waals surface area contributed by atoms with Crippen molar-refractivity contribution in [3.8, 4) is 17.5 Å². The van der Waals surface area contributed by atoms with Crippen LogP contribution >= 0.6 is 0 Å². The topological polar surface area (TPSA) is 93.7 Å². The van der Waals surface area contributed by atoms with Crippen LogP contribution in [0, 0.1) is 17.2 Å². The Morgan fingerprint density at radius 1 is 1.03 bits per heavy atom. The number of hydrogen-bond acceptors (Lipinski definition) is 7. The first kappa shape index (κ1) is 24.5. The van der Waals surface area contributed by atoms with Crippen molar-refractivity contribution in [1.82, 2.24) is 14.2 Å². The Morgan fingerprint density at radius 2 is 1.75 bits per heavy atom. The average molecular weight is 506 g/mol. The normalized spacial score (nSPS) is 19.8. The second-order valence-electron chi connectivity index (χ2n) is 9.67. The number of oxazole rings is 1. The van der Waals surface area contributed by atoms with Crippen molar-refractivity contribution in [2.75, 3.05) is 44.2 Å². The van der Waals surface area contributed by atoms with E-state index in [1.165, 1.54) is 5.56 Å². The van der Waals surface area contributed by atoms with Gasteiger partial charge in [-0.3, -0.25) is 4.90 Å². The molecule has 0 radical (unpaired) electrons. The first-order chi connectivity index (χ1) is 17.4.